The summed E-state index contributed by atoms with van der Waals surface area (Å²) in [7, 11) is 0. The fourth-order valence-corrected chi connectivity index (χ4v) is 2.85. The van der Waals surface area contributed by atoms with Gasteiger partial charge >= 0.3 is 0 Å². The Morgan fingerprint density at radius 2 is 2.12 bits per heavy atom. The maximum Gasteiger partial charge on any atom is 0.239 e. The third-order valence-electron chi connectivity index (χ3n) is 4.16. The van der Waals surface area contributed by atoms with Crippen LogP contribution in [0.1, 0.15) is 12.6 Å². The molecule has 2 aromatic rings. The molecule has 6 nitrogen and oxygen atoms in total. The van der Waals surface area contributed by atoms with Crippen LogP contribution >= 0.6 is 12.4 Å². The average molecular weight is 368 g/mol. The number of aryl methyl sites for hydroxylation is 1. The lowest BCUT2D eigenvalue weighted by atomic mass is 10.2. The molecule has 1 atom stereocenters. The van der Waals surface area contributed by atoms with Gasteiger partial charge in [-0.1, -0.05) is 0 Å². The van der Waals surface area contributed by atoms with Gasteiger partial charge in [0.2, 0.25) is 5.91 Å². The van der Waals surface area contributed by atoms with Gasteiger partial charge < -0.3 is 10.6 Å². The van der Waals surface area contributed by atoms with Crippen LogP contribution in [0.3, 0.4) is 0 Å². The summed E-state index contributed by atoms with van der Waals surface area (Å²) in [4.78, 5) is 14.5. The van der Waals surface area contributed by atoms with Crippen molar-refractivity contribution in [3.05, 3.63) is 41.8 Å². The molecule has 136 valence electrons. The Hall–Kier alpha value is -1.96. The van der Waals surface area contributed by atoms with Gasteiger partial charge in [-0.3, -0.25) is 9.69 Å². The molecule has 1 saturated heterocycles. The third kappa shape index (κ3) is 4.78. The Kier molecular flexibility index (Phi) is 6.52. The maximum absolute atomic E-state index is 13.1. The predicted octanol–water partition coefficient (Wildman–Crippen LogP) is 1.97. The second-order valence-corrected chi connectivity index (χ2v) is 6.13. The van der Waals surface area contributed by atoms with Gasteiger partial charge in [-0.25, -0.2) is 9.07 Å². The van der Waals surface area contributed by atoms with Crippen molar-refractivity contribution < 1.29 is 9.18 Å². The molecule has 1 aliphatic heterocycles. The van der Waals surface area contributed by atoms with E-state index in [-0.39, 0.29) is 24.1 Å². The molecule has 1 aromatic carbocycles. The molecule has 3 rings (SSSR count). The Balaban J connectivity index is 0.00000225. The van der Waals surface area contributed by atoms with E-state index in [1.54, 1.807) is 16.8 Å². The van der Waals surface area contributed by atoms with Crippen molar-refractivity contribution in [3.8, 4) is 5.69 Å². The highest BCUT2D eigenvalue weighted by atomic mass is 35.5. The van der Waals surface area contributed by atoms with E-state index in [9.17, 15) is 9.18 Å². The molecule has 1 aromatic heterocycles. The molecule has 0 aliphatic carbocycles. The molecule has 8 heteroatoms. The summed E-state index contributed by atoms with van der Waals surface area (Å²) >= 11 is 0. The van der Waals surface area contributed by atoms with E-state index >= 15 is 0 Å². The molecule has 1 amide bonds. The van der Waals surface area contributed by atoms with E-state index in [4.69, 9.17) is 0 Å². The fraction of sp³-hybridized carbons (Fsp3) is 0.412. The molecule has 0 radical (unpaired) electrons. The van der Waals surface area contributed by atoms with Crippen LogP contribution in [0.25, 0.3) is 5.69 Å². The van der Waals surface area contributed by atoms with Crippen molar-refractivity contribution in [2.24, 2.45) is 0 Å². The summed E-state index contributed by atoms with van der Waals surface area (Å²) in [5, 5.41) is 10.6. The zero-order valence-electron chi connectivity index (χ0n) is 14.3. The second kappa shape index (κ2) is 8.42. The number of carbonyl (C=O) groups is 1. The first-order valence-electron chi connectivity index (χ1n) is 8.10. The minimum Gasteiger partial charge on any atom is -0.314 e. The van der Waals surface area contributed by atoms with Crippen LogP contribution in [0, 0.1) is 12.7 Å². The zero-order chi connectivity index (χ0) is 17.1. The largest absolute Gasteiger partial charge is 0.314 e. The fourth-order valence-electron chi connectivity index (χ4n) is 2.85. The number of amides is 1. The number of anilines is 1. The summed E-state index contributed by atoms with van der Waals surface area (Å²) in [5.41, 5.74) is 1.49. The van der Waals surface area contributed by atoms with Crippen LogP contribution in [0.4, 0.5) is 10.2 Å². The van der Waals surface area contributed by atoms with Crippen LogP contribution in [0.2, 0.25) is 0 Å². The Labute approximate surface area is 152 Å². The number of aromatic nitrogens is 2. The van der Waals surface area contributed by atoms with E-state index in [0.29, 0.717) is 24.1 Å². The Morgan fingerprint density at radius 1 is 1.40 bits per heavy atom. The van der Waals surface area contributed by atoms with Crippen LogP contribution in [0.5, 0.6) is 0 Å². The summed E-state index contributed by atoms with van der Waals surface area (Å²) in [5.74, 6) is 0.208. The Morgan fingerprint density at radius 3 is 2.80 bits per heavy atom. The van der Waals surface area contributed by atoms with E-state index in [1.807, 2.05) is 13.0 Å². The van der Waals surface area contributed by atoms with Crippen molar-refractivity contribution in [2.75, 3.05) is 31.5 Å². The molecular weight excluding hydrogens is 345 g/mol. The number of nitrogens with one attached hydrogen (secondary N) is 2. The smallest absolute Gasteiger partial charge is 0.239 e. The summed E-state index contributed by atoms with van der Waals surface area (Å²) in [6.45, 7) is 6.94. The van der Waals surface area contributed by atoms with Gasteiger partial charge in [0.1, 0.15) is 11.6 Å². The van der Waals surface area contributed by atoms with Gasteiger partial charge in [-0.2, -0.15) is 5.10 Å². The van der Waals surface area contributed by atoms with Gasteiger partial charge in [0.05, 0.1) is 17.9 Å². The molecule has 0 spiro atoms. The van der Waals surface area contributed by atoms with E-state index in [0.717, 1.165) is 25.3 Å². The normalized spacial score (nSPS) is 17.8. The molecule has 0 saturated carbocycles. The molecule has 1 aliphatic rings. The minimum atomic E-state index is -0.305. The lowest BCUT2D eigenvalue weighted by molar-refractivity contribution is -0.118. The lowest BCUT2D eigenvalue weighted by Gasteiger charge is -2.33. The summed E-state index contributed by atoms with van der Waals surface area (Å²) < 4.78 is 14.7. The van der Waals surface area contributed by atoms with Crippen LogP contribution in [0.15, 0.2) is 30.3 Å². The molecule has 25 heavy (non-hydrogen) atoms. The maximum atomic E-state index is 13.1. The summed E-state index contributed by atoms with van der Waals surface area (Å²) in [6.07, 6.45) is 0. The molecule has 0 unspecified atom stereocenters. The number of benzene rings is 1. The highest BCUT2D eigenvalue weighted by Gasteiger charge is 2.21. The molecule has 0 bridgehead atoms. The molecule has 1 fully saturated rings. The van der Waals surface area contributed by atoms with E-state index in [2.05, 4.69) is 27.6 Å². The van der Waals surface area contributed by atoms with Gasteiger partial charge in [0, 0.05) is 31.7 Å². The SMILES string of the molecule is Cc1cc(NC(=O)CN2CCNC[C@H]2C)n(-c2ccc(F)cc2)n1.Cl. The first-order chi connectivity index (χ1) is 11.5. The second-order valence-electron chi connectivity index (χ2n) is 6.13. The monoisotopic (exact) mass is 367 g/mol. The van der Waals surface area contributed by atoms with Crippen LogP contribution in [-0.2, 0) is 4.79 Å². The van der Waals surface area contributed by atoms with Crippen molar-refractivity contribution in [1.29, 1.82) is 0 Å². The topological polar surface area (TPSA) is 62.2 Å². The number of nitrogens with zero attached hydrogens (tertiary/aromatic N) is 3. The highest BCUT2D eigenvalue weighted by Crippen LogP contribution is 2.17. The number of hydrogen-bond acceptors (Lipinski definition) is 4. The number of hydrogen-bond donors (Lipinski definition) is 2. The van der Waals surface area contributed by atoms with Gasteiger partial charge in [-0.05, 0) is 38.1 Å². The van der Waals surface area contributed by atoms with Crippen molar-refractivity contribution in [2.45, 2.75) is 19.9 Å². The molecule has 2 heterocycles. The van der Waals surface area contributed by atoms with Crippen LogP contribution < -0.4 is 10.6 Å². The van der Waals surface area contributed by atoms with Crippen molar-refractivity contribution in [3.63, 3.8) is 0 Å². The molecule has 2 N–H and O–H groups in total. The Bertz CT molecular complexity index is 718. The standard InChI is InChI=1S/C17H22FN5O.ClH/c1-12-9-16(23(21-12)15-5-3-14(18)4-6-15)20-17(24)11-22-8-7-19-10-13(22)2;/h3-6,9,13,19H,7-8,10-11H2,1-2H3,(H,20,24);1H/t13-;/m1./s1. The van der Waals surface area contributed by atoms with Crippen molar-refractivity contribution in [1.82, 2.24) is 20.0 Å². The highest BCUT2D eigenvalue weighted by molar-refractivity contribution is 5.91. The van der Waals surface area contributed by atoms with E-state index < -0.39 is 0 Å². The van der Waals surface area contributed by atoms with Gasteiger partial charge in [0.25, 0.3) is 0 Å². The minimum absolute atomic E-state index is 0. The number of carbonyl (C=O) groups excluding carboxylic acids is 1. The zero-order valence-corrected chi connectivity index (χ0v) is 15.1. The van der Waals surface area contributed by atoms with Gasteiger partial charge in [0.15, 0.2) is 0 Å². The quantitative estimate of drug-likeness (QED) is 0.867. The lowest BCUT2D eigenvalue weighted by Crippen LogP contribution is -2.52. The van der Waals surface area contributed by atoms with Crippen molar-refractivity contribution >= 4 is 24.1 Å². The average Bonchev–Trinajstić information content (AvgIpc) is 2.90. The van der Waals surface area contributed by atoms with Gasteiger partial charge in [-0.15, -0.1) is 12.4 Å². The van der Waals surface area contributed by atoms with E-state index in [1.165, 1.54) is 12.1 Å². The summed E-state index contributed by atoms with van der Waals surface area (Å²) in [6, 6.07) is 8.16. The third-order valence-corrected chi connectivity index (χ3v) is 4.16. The number of halogens is 2. The first-order valence-corrected chi connectivity index (χ1v) is 8.10. The van der Waals surface area contributed by atoms with Crippen LogP contribution in [-0.4, -0.2) is 52.8 Å². The molecular formula is C17H23ClFN5O. The number of rotatable bonds is 4. The first kappa shape index (κ1) is 19.4. The number of piperazine rings is 1. The predicted molar refractivity (Wildman–Crippen MR) is 98.0 cm³/mol.